The molecule has 0 N–H and O–H groups in total. The van der Waals surface area contributed by atoms with Gasteiger partial charge in [-0.2, -0.15) is 16.8 Å². The van der Waals surface area contributed by atoms with Crippen molar-refractivity contribution >= 4 is 20.2 Å². The molecule has 20 heavy (non-hydrogen) atoms. The topological polar surface area (TPSA) is 93.2 Å². The van der Waals surface area contributed by atoms with Crippen molar-refractivity contribution in [2.45, 2.75) is 0 Å². The average molecular weight is 330 g/mol. The third kappa shape index (κ3) is 8.82. The molecule has 8 nitrogen and oxygen atoms in total. The summed E-state index contributed by atoms with van der Waals surface area (Å²) < 4.78 is 52.6. The minimum absolute atomic E-state index is 0.163. The van der Waals surface area contributed by atoms with Crippen LogP contribution in [0.4, 0.5) is 0 Å². The van der Waals surface area contributed by atoms with E-state index in [0.29, 0.717) is 13.1 Å². The van der Waals surface area contributed by atoms with Crippen LogP contribution in [0.2, 0.25) is 0 Å². The first kappa shape index (κ1) is 17.8. The van der Waals surface area contributed by atoms with Crippen molar-refractivity contribution in [1.82, 2.24) is 9.80 Å². The van der Waals surface area contributed by atoms with E-state index in [-0.39, 0.29) is 13.2 Å². The highest BCUT2D eigenvalue weighted by Gasteiger charge is 2.17. The lowest BCUT2D eigenvalue weighted by molar-refractivity contribution is 0.107. The highest BCUT2D eigenvalue weighted by Crippen LogP contribution is 2.02. The van der Waals surface area contributed by atoms with Gasteiger partial charge < -0.3 is 0 Å². The lowest BCUT2D eigenvalue weighted by Gasteiger charge is -2.34. The molecule has 0 aliphatic carbocycles. The predicted octanol–water partition coefficient (Wildman–Crippen LogP) is -1.44. The molecule has 0 spiro atoms. The molecule has 0 bridgehead atoms. The van der Waals surface area contributed by atoms with Crippen LogP contribution in [0.25, 0.3) is 0 Å². The number of hydrogen-bond donors (Lipinski definition) is 0. The molecule has 10 heteroatoms. The molecule has 0 radical (unpaired) electrons. The largest absolute Gasteiger partial charge is 0.298 e. The highest BCUT2D eigenvalue weighted by molar-refractivity contribution is 7.86. The molecule has 0 aromatic rings. The quantitative estimate of drug-likeness (QED) is 0.499. The molecule has 120 valence electrons. The summed E-state index contributed by atoms with van der Waals surface area (Å²) >= 11 is 0. The second kappa shape index (κ2) is 7.66. The second-order valence-electron chi connectivity index (χ2n) is 4.74. The Morgan fingerprint density at radius 1 is 0.750 bits per heavy atom. The zero-order chi connectivity index (χ0) is 15.2. The van der Waals surface area contributed by atoms with E-state index in [9.17, 15) is 16.8 Å². The Labute approximate surface area is 120 Å². The van der Waals surface area contributed by atoms with E-state index in [1.54, 1.807) is 0 Å². The van der Waals surface area contributed by atoms with Crippen molar-refractivity contribution in [2.75, 3.05) is 65.0 Å². The lowest BCUT2D eigenvalue weighted by Crippen LogP contribution is -2.48. The summed E-state index contributed by atoms with van der Waals surface area (Å²) in [6, 6.07) is 0. The molecule has 0 atom stereocenters. The van der Waals surface area contributed by atoms with Gasteiger partial charge in [-0.15, -0.1) is 0 Å². The van der Waals surface area contributed by atoms with Gasteiger partial charge in [0.05, 0.1) is 25.7 Å². The van der Waals surface area contributed by atoms with Crippen LogP contribution in [-0.2, 0) is 28.6 Å². The fourth-order valence-corrected chi connectivity index (χ4v) is 2.63. The van der Waals surface area contributed by atoms with Crippen LogP contribution in [0.3, 0.4) is 0 Å². The zero-order valence-electron chi connectivity index (χ0n) is 11.8. The van der Waals surface area contributed by atoms with Crippen LogP contribution in [0.1, 0.15) is 0 Å². The molecule has 0 aromatic heterocycles. The molecular weight excluding hydrogens is 308 g/mol. The monoisotopic (exact) mass is 330 g/mol. The summed E-state index contributed by atoms with van der Waals surface area (Å²) in [5.74, 6) is 0. The summed E-state index contributed by atoms with van der Waals surface area (Å²) in [5, 5.41) is 0. The Bertz CT molecular complexity index is 436. The molecule has 0 amide bonds. The SMILES string of the molecule is CS(=O)(=O)OCCN1CCN(CCOS(C)(=O)=O)CC1. The van der Waals surface area contributed by atoms with E-state index < -0.39 is 20.2 Å². The van der Waals surface area contributed by atoms with Gasteiger partial charge in [-0.05, 0) is 0 Å². The first-order chi connectivity index (χ1) is 9.16. The fourth-order valence-electron chi connectivity index (χ4n) is 1.87. The van der Waals surface area contributed by atoms with E-state index in [1.807, 2.05) is 0 Å². The van der Waals surface area contributed by atoms with E-state index in [4.69, 9.17) is 8.37 Å². The van der Waals surface area contributed by atoms with Crippen molar-refractivity contribution in [1.29, 1.82) is 0 Å². The molecule has 1 fully saturated rings. The van der Waals surface area contributed by atoms with Gasteiger partial charge in [0.1, 0.15) is 0 Å². The smallest absolute Gasteiger partial charge is 0.264 e. The van der Waals surface area contributed by atoms with Crippen molar-refractivity contribution in [2.24, 2.45) is 0 Å². The number of rotatable bonds is 8. The van der Waals surface area contributed by atoms with Crippen LogP contribution < -0.4 is 0 Å². The molecule has 1 aliphatic heterocycles. The van der Waals surface area contributed by atoms with Crippen LogP contribution in [0.5, 0.6) is 0 Å². The Kier molecular flexibility index (Phi) is 6.82. The van der Waals surface area contributed by atoms with Gasteiger partial charge in [-0.3, -0.25) is 18.2 Å². The molecular formula is C10H22N2O6S2. The van der Waals surface area contributed by atoms with Crippen molar-refractivity contribution in [3.8, 4) is 0 Å². The van der Waals surface area contributed by atoms with Gasteiger partial charge in [0.2, 0.25) is 0 Å². The molecule has 1 saturated heterocycles. The summed E-state index contributed by atoms with van der Waals surface area (Å²) in [7, 11) is -6.74. The second-order valence-corrected chi connectivity index (χ2v) is 8.02. The van der Waals surface area contributed by atoms with Gasteiger partial charge in [-0.25, -0.2) is 0 Å². The molecule has 1 heterocycles. The summed E-state index contributed by atoms with van der Waals surface area (Å²) in [4.78, 5) is 4.22. The molecule has 0 saturated carbocycles. The van der Waals surface area contributed by atoms with Gasteiger partial charge in [-0.1, -0.05) is 0 Å². The van der Waals surface area contributed by atoms with Gasteiger partial charge in [0.15, 0.2) is 0 Å². The average Bonchev–Trinajstić information content (AvgIpc) is 2.28. The van der Waals surface area contributed by atoms with Crippen molar-refractivity contribution < 1.29 is 25.2 Å². The third-order valence-corrected chi connectivity index (χ3v) is 4.06. The predicted molar refractivity (Wildman–Crippen MR) is 74.5 cm³/mol. The Morgan fingerprint density at radius 3 is 1.30 bits per heavy atom. The van der Waals surface area contributed by atoms with Crippen LogP contribution >= 0.6 is 0 Å². The van der Waals surface area contributed by atoms with Crippen molar-refractivity contribution in [3.05, 3.63) is 0 Å². The summed E-state index contributed by atoms with van der Waals surface area (Å²) in [6.45, 7) is 4.66. The number of piperazine rings is 1. The van der Waals surface area contributed by atoms with Crippen molar-refractivity contribution in [3.63, 3.8) is 0 Å². The third-order valence-electron chi connectivity index (χ3n) is 2.87. The number of hydrogen-bond acceptors (Lipinski definition) is 8. The van der Waals surface area contributed by atoms with Gasteiger partial charge in [0.25, 0.3) is 20.2 Å². The Morgan fingerprint density at radius 2 is 1.05 bits per heavy atom. The number of nitrogens with zero attached hydrogens (tertiary/aromatic N) is 2. The molecule has 0 aromatic carbocycles. The Hall–Kier alpha value is -0.260. The normalized spacial score (nSPS) is 19.3. The maximum atomic E-state index is 10.8. The van der Waals surface area contributed by atoms with Crippen LogP contribution in [0.15, 0.2) is 0 Å². The Balaban J connectivity index is 2.14. The molecule has 1 rings (SSSR count). The van der Waals surface area contributed by atoms with Crippen LogP contribution in [0, 0.1) is 0 Å². The van der Waals surface area contributed by atoms with Crippen LogP contribution in [-0.4, -0.2) is 91.6 Å². The van der Waals surface area contributed by atoms with E-state index >= 15 is 0 Å². The zero-order valence-corrected chi connectivity index (χ0v) is 13.5. The minimum atomic E-state index is -3.37. The fraction of sp³-hybridized carbons (Fsp3) is 1.00. The van der Waals surface area contributed by atoms with E-state index in [1.165, 1.54) is 0 Å². The standard InChI is InChI=1S/C10H22N2O6S2/c1-19(13,14)17-9-7-11-3-5-12(6-4-11)8-10-18-20(2,15)16/h3-10H2,1-2H3. The summed E-state index contributed by atoms with van der Waals surface area (Å²) in [6.07, 6.45) is 2.07. The van der Waals surface area contributed by atoms with Gasteiger partial charge in [0, 0.05) is 39.3 Å². The van der Waals surface area contributed by atoms with Gasteiger partial charge >= 0.3 is 0 Å². The highest BCUT2D eigenvalue weighted by atomic mass is 32.2. The minimum Gasteiger partial charge on any atom is -0.298 e. The molecule has 0 unspecified atom stereocenters. The maximum absolute atomic E-state index is 10.8. The first-order valence-electron chi connectivity index (χ1n) is 6.29. The van der Waals surface area contributed by atoms with E-state index in [0.717, 1.165) is 38.7 Å². The summed E-state index contributed by atoms with van der Waals surface area (Å²) in [5.41, 5.74) is 0. The van der Waals surface area contributed by atoms with E-state index in [2.05, 4.69) is 9.80 Å². The lowest BCUT2D eigenvalue weighted by atomic mass is 10.3. The first-order valence-corrected chi connectivity index (χ1v) is 9.92. The maximum Gasteiger partial charge on any atom is 0.264 e. The molecule has 1 aliphatic rings.